The number of nitrogens with zero attached hydrogens (tertiary/aromatic N) is 1. The molecule has 1 saturated heterocycles. The summed E-state index contributed by atoms with van der Waals surface area (Å²) in [5.41, 5.74) is 0.188. The van der Waals surface area contributed by atoms with E-state index in [0.717, 1.165) is 32.2 Å². The smallest absolute Gasteiger partial charge is 0.225 e. The maximum Gasteiger partial charge on any atom is 0.225 e. The van der Waals surface area contributed by atoms with Gasteiger partial charge in [-0.25, -0.2) is 0 Å². The Labute approximate surface area is 148 Å². The average Bonchev–Trinajstić information content (AvgIpc) is 2.53. The van der Waals surface area contributed by atoms with Crippen molar-refractivity contribution in [3.63, 3.8) is 0 Å². The van der Waals surface area contributed by atoms with E-state index in [4.69, 9.17) is 0 Å². The fourth-order valence-electron chi connectivity index (χ4n) is 4.32. The Hall–Kier alpha value is -0.830. The van der Waals surface area contributed by atoms with E-state index in [1.807, 2.05) is 4.90 Å². The molecule has 2 atom stereocenters. The number of hydrogen-bond donors (Lipinski definition) is 1. The largest absolute Gasteiger partial charge is 0.392 e. The highest BCUT2D eigenvalue weighted by Gasteiger charge is 2.41. The summed E-state index contributed by atoms with van der Waals surface area (Å²) in [6, 6.07) is 0.277. The van der Waals surface area contributed by atoms with Gasteiger partial charge in [-0.3, -0.25) is 4.79 Å². The van der Waals surface area contributed by atoms with Crippen LogP contribution in [0.3, 0.4) is 0 Å². The van der Waals surface area contributed by atoms with Crippen molar-refractivity contribution in [1.29, 1.82) is 0 Å². The number of rotatable bonds is 12. The van der Waals surface area contributed by atoms with Gasteiger partial charge in [-0.05, 0) is 37.5 Å². The number of aliphatic hydroxyl groups is 1. The monoisotopic (exact) mass is 335 g/mol. The Kier molecular flexibility index (Phi) is 7.80. The normalized spacial score (nSPS) is 24.0. The molecule has 0 aromatic heterocycles. The molecule has 2 fully saturated rings. The van der Waals surface area contributed by atoms with Gasteiger partial charge in [-0.2, -0.15) is 0 Å². The van der Waals surface area contributed by atoms with Crippen LogP contribution in [0, 0.1) is 5.41 Å². The lowest BCUT2D eigenvalue weighted by Gasteiger charge is -2.45. The van der Waals surface area contributed by atoms with E-state index in [1.165, 1.54) is 44.9 Å². The van der Waals surface area contributed by atoms with Crippen molar-refractivity contribution in [2.24, 2.45) is 5.41 Å². The second-order valence-electron chi connectivity index (χ2n) is 7.92. The Morgan fingerprint density at radius 3 is 2.54 bits per heavy atom. The van der Waals surface area contributed by atoms with Gasteiger partial charge in [0, 0.05) is 6.54 Å². The summed E-state index contributed by atoms with van der Waals surface area (Å²) >= 11 is 0. The molecule has 2 rings (SSSR count). The van der Waals surface area contributed by atoms with Crippen LogP contribution in [0.4, 0.5) is 0 Å². The molecule has 0 aromatic rings. The van der Waals surface area contributed by atoms with Crippen LogP contribution >= 0.6 is 0 Å². The quantitative estimate of drug-likeness (QED) is 0.315. The predicted molar refractivity (Wildman–Crippen MR) is 99.8 cm³/mol. The van der Waals surface area contributed by atoms with E-state index in [1.54, 1.807) is 0 Å². The number of carbonyl (C=O) groups is 1. The van der Waals surface area contributed by atoms with Crippen molar-refractivity contribution in [2.75, 3.05) is 6.54 Å². The first-order valence-electron chi connectivity index (χ1n) is 10.3. The van der Waals surface area contributed by atoms with Crippen molar-refractivity contribution in [1.82, 2.24) is 4.90 Å². The molecule has 1 aliphatic heterocycles. The molecule has 1 saturated carbocycles. The van der Waals surface area contributed by atoms with Crippen molar-refractivity contribution in [3.8, 4) is 0 Å². The number of β-lactam (4-membered cyclic amide) rings is 1. The molecule has 1 N–H and O–H groups in total. The lowest BCUT2D eigenvalue weighted by atomic mass is 9.62. The number of likely N-dealkylation sites (tertiary alicyclic amines) is 1. The molecule has 3 nitrogen and oxygen atoms in total. The first kappa shape index (κ1) is 19.5. The summed E-state index contributed by atoms with van der Waals surface area (Å²) in [6.45, 7) is 5.34. The third-order valence-corrected chi connectivity index (χ3v) is 6.13. The molecule has 0 radical (unpaired) electrons. The Morgan fingerprint density at radius 1 is 1.21 bits per heavy atom. The third kappa shape index (κ3) is 4.84. The van der Waals surface area contributed by atoms with Crippen LogP contribution < -0.4 is 0 Å². The summed E-state index contributed by atoms with van der Waals surface area (Å²) in [7, 11) is 0. The van der Waals surface area contributed by atoms with E-state index in [0.29, 0.717) is 12.3 Å². The van der Waals surface area contributed by atoms with E-state index in [-0.39, 0.29) is 17.6 Å². The zero-order chi connectivity index (χ0) is 17.4. The zero-order valence-electron chi connectivity index (χ0n) is 15.8. The molecular formula is C21H37NO2. The fraction of sp³-hybridized carbons (Fsp3) is 0.857. The van der Waals surface area contributed by atoms with Gasteiger partial charge in [-0.1, -0.05) is 64.5 Å². The fourth-order valence-corrected chi connectivity index (χ4v) is 4.32. The predicted octanol–water partition coefficient (Wildman–Crippen LogP) is 4.84. The second kappa shape index (κ2) is 9.60. The Balaban J connectivity index is 1.70. The molecule has 1 heterocycles. The lowest BCUT2D eigenvalue weighted by molar-refractivity contribution is -0.143. The third-order valence-electron chi connectivity index (χ3n) is 6.13. The Morgan fingerprint density at radius 2 is 1.96 bits per heavy atom. The maximum atomic E-state index is 11.8. The number of aliphatic hydroxyl groups excluding tert-OH is 1. The van der Waals surface area contributed by atoms with Crippen LogP contribution in [-0.4, -0.2) is 34.6 Å². The summed E-state index contributed by atoms with van der Waals surface area (Å²) in [5, 5.41) is 10.6. The van der Waals surface area contributed by atoms with Crippen molar-refractivity contribution in [2.45, 2.75) is 103 Å². The van der Waals surface area contributed by atoms with Crippen molar-refractivity contribution >= 4 is 5.91 Å². The van der Waals surface area contributed by atoms with Gasteiger partial charge in [0.15, 0.2) is 0 Å². The molecule has 1 amide bonds. The number of carbonyl (C=O) groups excluding carboxylic acids is 1. The van der Waals surface area contributed by atoms with Gasteiger partial charge in [-0.15, -0.1) is 0 Å². The summed E-state index contributed by atoms with van der Waals surface area (Å²) < 4.78 is 0. The SMILES string of the molecule is CCCCCCCN1C(=O)CC1/C=C/CC(O)C1(CCC)CCC1. The molecule has 24 heavy (non-hydrogen) atoms. The van der Waals surface area contributed by atoms with E-state index in [9.17, 15) is 9.90 Å². The highest BCUT2D eigenvalue weighted by molar-refractivity contribution is 5.83. The van der Waals surface area contributed by atoms with E-state index >= 15 is 0 Å². The minimum atomic E-state index is -0.208. The number of amides is 1. The average molecular weight is 336 g/mol. The van der Waals surface area contributed by atoms with Gasteiger partial charge < -0.3 is 10.0 Å². The van der Waals surface area contributed by atoms with Crippen molar-refractivity contribution in [3.05, 3.63) is 12.2 Å². The van der Waals surface area contributed by atoms with Crippen LogP contribution in [0.25, 0.3) is 0 Å². The minimum absolute atomic E-state index is 0.188. The van der Waals surface area contributed by atoms with Gasteiger partial charge in [0.25, 0.3) is 0 Å². The zero-order valence-corrected chi connectivity index (χ0v) is 15.8. The van der Waals surface area contributed by atoms with Gasteiger partial charge in [0.05, 0.1) is 18.6 Å². The van der Waals surface area contributed by atoms with Crippen molar-refractivity contribution < 1.29 is 9.90 Å². The van der Waals surface area contributed by atoms with Crippen LogP contribution in [0.2, 0.25) is 0 Å². The van der Waals surface area contributed by atoms with Gasteiger partial charge >= 0.3 is 0 Å². The van der Waals surface area contributed by atoms with Gasteiger partial charge in [0.2, 0.25) is 5.91 Å². The molecule has 0 aromatic carbocycles. The highest BCUT2D eigenvalue weighted by atomic mass is 16.3. The summed E-state index contributed by atoms with van der Waals surface area (Å²) in [5.74, 6) is 0.294. The molecule has 2 aliphatic rings. The molecule has 0 bridgehead atoms. The first-order valence-corrected chi connectivity index (χ1v) is 10.3. The summed E-state index contributed by atoms with van der Waals surface area (Å²) in [6.07, 6.45) is 17.6. The number of hydrogen-bond acceptors (Lipinski definition) is 2. The lowest BCUT2D eigenvalue weighted by Crippen LogP contribution is -2.51. The molecule has 1 aliphatic carbocycles. The summed E-state index contributed by atoms with van der Waals surface area (Å²) in [4.78, 5) is 13.8. The molecular weight excluding hydrogens is 298 g/mol. The van der Waals surface area contributed by atoms with E-state index < -0.39 is 0 Å². The van der Waals surface area contributed by atoms with Crippen LogP contribution in [0.1, 0.15) is 90.9 Å². The first-order chi connectivity index (χ1) is 11.6. The topological polar surface area (TPSA) is 40.5 Å². The van der Waals surface area contributed by atoms with Gasteiger partial charge in [0.1, 0.15) is 0 Å². The van der Waals surface area contributed by atoms with Crippen LogP contribution in [-0.2, 0) is 4.79 Å². The van der Waals surface area contributed by atoms with E-state index in [2.05, 4.69) is 26.0 Å². The standard InChI is InChI=1S/C21H37NO2/c1-3-5-6-7-8-16-22-18(17-20(22)24)11-9-12-19(23)21(13-4-2)14-10-15-21/h9,11,18-19,23H,3-8,10,12-17H2,1-2H3/b11-9+. The Bertz CT molecular complexity index is 414. The van der Waals surface area contributed by atoms with Crippen LogP contribution in [0.5, 0.6) is 0 Å². The molecule has 138 valence electrons. The molecule has 0 spiro atoms. The van der Waals surface area contributed by atoms with Crippen LogP contribution in [0.15, 0.2) is 12.2 Å². The highest BCUT2D eigenvalue weighted by Crippen LogP contribution is 2.48. The number of unbranched alkanes of at least 4 members (excludes halogenated alkanes) is 4. The minimum Gasteiger partial charge on any atom is -0.392 e. The maximum absolute atomic E-state index is 11.8. The molecule has 2 unspecified atom stereocenters. The molecule has 3 heteroatoms. The second-order valence-corrected chi connectivity index (χ2v) is 7.92.